The molecular weight excluding hydrogens is 394 g/mol. The Labute approximate surface area is 182 Å². The fourth-order valence-electron chi connectivity index (χ4n) is 3.64. The molecule has 7 heteroatoms. The van der Waals surface area contributed by atoms with E-state index in [9.17, 15) is 0 Å². The van der Waals surface area contributed by atoms with Crippen LogP contribution < -0.4 is 0 Å². The molecule has 0 N–H and O–H groups in total. The Kier molecular flexibility index (Phi) is 7.15. The van der Waals surface area contributed by atoms with Gasteiger partial charge in [-0.3, -0.25) is 9.88 Å². The van der Waals surface area contributed by atoms with E-state index in [1.54, 1.807) is 11.8 Å². The standard InChI is InChI=1S/C23H29N5OS/c1-18-8-10-19(11-9-18)14-27(2)16-22-25-26-23(28(22)15-21-7-5-13-29-21)30-17-20-6-3-4-12-24-20/h3-4,6,8-12,21H,5,7,13-17H2,1-2H3. The predicted molar refractivity (Wildman–Crippen MR) is 119 cm³/mol. The summed E-state index contributed by atoms with van der Waals surface area (Å²) in [5.41, 5.74) is 3.64. The van der Waals surface area contributed by atoms with Crippen molar-refractivity contribution in [3.05, 3.63) is 71.3 Å². The number of hydrogen-bond acceptors (Lipinski definition) is 6. The van der Waals surface area contributed by atoms with Gasteiger partial charge in [-0.1, -0.05) is 47.7 Å². The van der Waals surface area contributed by atoms with Gasteiger partial charge in [-0.2, -0.15) is 0 Å². The van der Waals surface area contributed by atoms with E-state index < -0.39 is 0 Å². The van der Waals surface area contributed by atoms with Crippen LogP contribution in [0.2, 0.25) is 0 Å². The topological polar surface area (TPSA) is 56.1 Å². The molecule has 6 nitrogen and oxygen atoms in total. The monoisotopic (exact) mass is 423 g/mol. The summed E-state index contributed by atoms with van der Waals surface area (Å²) in [5.74, 6) is 1.77. The van der Waals surface area contributed by atoms with E-state index in [4.69, 9.17) is 4.74 Å². The van der Waals surface area contributed by atoms with E-state index in [1.165, 1.54) is 11.1 Å². The lowest BCUT2D eigenvalue weighted by Crippen LogP contribution is -2.23. The first-order valence-corrected chi connectivity index (χ1v) is 11.5. The van der Waals surface area contributed by atoms with Crippen LogP contribution >= 0.6 is 11.8 Å². The third-order valence-corrected chi connectivity index (χ3v) is 6.26. The lowest BCUT2D eigenvalue weighted by atomic mass is 10.1. The Morgan fingerprint density at radius 2 is 2.00 bits per heavy atom. The zero-order valence-electron chi connectivity index (χ0n) is 17.7. The number of aryl methyl sites for hydroxylation is 1. The molecule has 0 bridgehead atoms. The van der Waals surface area contributed by atoms with Gasteiger partial charge in [0.25, 0.3) is 0 Å². The minimum Gasteiger partial charge on any atom is -0.376 e. The van der Waals surface area contributed by atoms with Crippen LogP contribution in [0.4, 0.5) is 0 Å². The second kappa shape index (κ2) is 10.2. The fourth-order valence-corrected chi connectivity index (χ4v) is 4.52. The van der Waals surface area contributed by atoms with E-state index in [2.05, 4.69) is 62.9 Å². The molecule has 0 amide bonds. The number of rotatable bonds is 9. The number of nitrogens with zero attached hydrogens (tertiary/aromatic N) is 5. The van der Waals surface area contributed by atoms with Crippen molar-refractivity contribution in [2.75, 3.05) is 13.7 Å². The van der Waals surface area contributed by atoms with E-state index in [-0.39, 0.29) is 6.10 Å². The Hall–Kier alpha value is -2.22. The molecule has 1 atom stereocenters. The van der Waals surface area contributed by atoms with Crippen molar-refractivity contribution in [1.29, 1.82) is 0 Å². The normalized spacial score (nSPS) is 16.4. The maximum atomic E-state index is 5.90. The molecule has 1 saturated heterocycles. The molecule has 158 valence electrons. The number of aromatic nitrogens is 4. The minimum atomic E-state index is 0.247. The highest BCUT2D eigenvalue weighted by atomic mass is 32.2. The molecule has 1 aliphatic rings. The summed E-state index contributed by atoms with van der Waals surface area (Å²) in [6.07, 6.45) is 4.31. The zero-order valence-corrected chi connectivity index (χ0v) is 18.5. The number of hydrogen-bond donors (Lipinski definition) is 0. The summed E-state index contributed by atoms with van der Waals surface area (Å²) < 4.78 is 8.14. The molecule has 1 aromatic carbocycles. The van der Waals surface area contributed by atoms with Gasteiger partial charge in [0.15, 0.2) is 5.16 Å². The van der Waals surface area contributed by atoms with Crippen LogP contribution in [0, 0.1) is 6.92 Å². The van der Waals surface area contributed by atoms with Crippen molar-refractivity contribution in [2.24, 2.45) is 0 Å². The lowest BCUT2D eigenvalue weighted by Gasteiger charge is -2.19. The van der Waals surface area contributed by atoms with Crippen LogP contribution in [0.15, 0.2) is 53.8 Å². The van der Waals surface area contributed by atoms with E-state index in [1.807, 2.05) is 24.4 Å². The third-order valence-electron chi connectivity index (χ3n) is 5.26. The number of ether oxygens (including phenoxy) is 1. The van der Waals surface area contributed by atoms with Crippen LogP contribution in [0.1, 0.15) is 35.5 Å². The van der Waals surface area contributed by atoms with E-state index in [0.717, 1.165) is 61.5 Å². The smallest absolute Gasteiger partial charge is 0.191 e. The Balaban J connectivity index is 1.46. The van der Waals surface area contributed by atoms with Gasteiger partial charge in [-0.05, 0) is 44.5 Å². The first kappa shape index (κ1) is 21.0. The van der Waals surface area contributed by atoms with Crippen molar-refractivity contribution in [1.82, 2.24) is 24.6 Å². The Morgan fingerprint density at radius 1 is 1.13 bits per heavy atom. The largest absolute Gasteiger partial charge is 0.376 e. The van der Waals surface area contributed by atoms with Gasteiger partial charge in [0.2, 0.25) is 0 Å². The summed E-state index contributed by atoms with van der Waals surface area (Å²) in [7, 11) is 2.13. The molecular formula is C23H29N5OS. The average Bonchev–Trinajstić information content (AvgIpc) is 3.40. The number of benzene rings is 1. The molecule has 2 aromatic heterocycles. The first-order chi connectivity index (χ1) is 14.7. The quantitative estimate of drug-likeness (QED) is 0.483. The van der Waals surface area contributed by atoms with Gasteiger partial charge in [-0.15, -0.1) is 10.2 Å². The van der Waals surface area contributed by atoms with Crippen LogP contribution in [0.5, 0.6) is 0 Å². The van der Waals surface area contributed by atoms with Gasteiger partial charge in [-0.25, -0.2) is 0 Å². The molecule has 0 aliphatic carbocycles. The Morgan fingerprint density at radius 3 is 2.73 bits per heavy atom. The minimum absolute atomic E-state index is 0.247. The average molecular weight is 424 g/mol. The van der Waals surface area contributed by atoms with Crippen molar-refractivity contribution in [3.8, 4) is 0 Å². The van der Waals surface area contributed by atoms with Crippen molar-refractivity contribution in [2.45, 2.75) is 56.4 Å². The molecule has 3 aromatic rings. The predicted octanol–water partition coefficient (Wildman–Crippen LogP) is 4.08. The van der Waals surface area contributed by atoms with Crippen LogP contribution in [-0.4, -0.2) is 44.4 Å². The van der Waals surface area contributed by atoms with Gasteiger partial charge in [0, 0.05) is 25.1 Å². The zero-order chi connectivity index (χ0) is 20.8. The molecule has 0 spiro atoms. The van der Waals surface area contributed by atoms with E-state index in [0.29, 0.717) is 0 Å². The highest BCUT2D eigenvalue weighted by Gasteiger charge is 2.21. The SMILES string of the molecule is Cc1ccc(CN(C)Cc2nnc(SCc3ccccn3)n2CC2CCCO2)cc1. The van der Waals surface area contributed by atoms with Crippen LogP contribution in [-0.2, 0) is 30.1 Å². The second-order valence-corrected chi connectivity index (χ2v) is 8.85. The highest BCUT2D eigenvalue weighted by molar-refractivity contribution is 7.98. The Bertz CT molecular complexity index is 923. The maximum absolute atomic E-state index is 5.90. The molecule has 0 saturated carbocycles. The number of pyridine rings is 1. The van der Waals surface area contributed by atoms with Crippen LogP contribution in [0.3, 0.4) is 0 Å². The fraction of sp³-hybridized carbons (Fsp3) is 0.435. The van der Waals surface area contributed by atoms with Crippen molar-refractivity contribution in [3.63, 3.8) is 0 Å². The molecule has 0 radical (unpaired) electrons. The van der Waals surface area contributed by atoms with Gasteiger partial charge >= 0.3 is 0 Å². The molecule has 4 rings (SSSR count). The molecule has 1 aliphatic heterocycles. The summed E-state index contributed by atoms with van der Waals surface area (Å²) in [5, 5.41) is 9.99. The summed E-state index contributed by atoms with van der Waals surface area (Å²) in [4.78, 5) is 6.71. The molecule has 30 heavy (non-hydrogen) atoms. The third kappa shape index (κ3) is 5.68. The first-order valence-electron chi connectivity index (χ1n) is 10.5. The van der Waals surface area contributed by atoms with Crippen molar-refractivity contribution >= 4 is 11.8 Å². The van der Waals surface area contributed by atoms with Crippen LogP contribution in [0.25, 0.3) is 0 Å². The molecule has 3 heterocycles. The molecule has 1 fully saturated rings. The molecule has 1 unspecified atom stereocenters. The van der Waals surface area contributed by atoms with Gasteiger partial charge in [0.05, 0.1) is 24.9 Å². The highest BCUT2D eigenvalue weighted by Crippen LogP contribution is 2.24. The maximum Gasteiger partial charge on any atom is 0.191 e. The summed E-state index contributed by atoms with van der Waals surface area (Å²) in [6.45, 7) is 5.41. The van der Waals surface area contributed by atoms with Crippen molar-refractivity contribution < 1.29 is 4.74 Å². The van der Waals surface area contributed by atoms with Gasteiger partial charge < -0.3 is 9.30 Å². The van der Waals surface area contributed by atoms with Gasteiger partial charge in [0.1, 0.15) is 5.82 Å². The lowest BCUT2D eigenvalue weighted by molar-refractivity contribution is 0.0934. The summed E-state index contributed by atoms with van der Waals surface area (Å²) >= 11 is 1.69. The second-order valence-electron chi connectivity index (χ2n) is 7.91. The summed E-state index contributed by atoms with van der Waals surface area (Å²) in [6, 6.07) is 14.7. The number of thioether (sulfide) groups is 1. The van der Waals surface area contributed by atoms with E-state index >= 15 is 0 Å².